The van der Waals surface area contributed by atoms with Gasteiger partial charge in [0.1, 0.15) is 28.9 Å². The molecule has 3 heterocycles. The lowest BCUT2D eigenvalue weighted by atomic mass is 10.1. The lowest BCUT2D eigenvalue weighted by molar-refractivity contribution is 0.335. The number of aromatic nitrogens is 5. The van der Waals surface area contributed by atoms with Crippen molar-refractivity contribution in [3.8, 4) is 17.3 Å². The molecule has 5 aromatic rings. The molecule has 0 saturated heterocycles. The van der Waals surface area contributed by atoms with Crippen LogP contribution in [-0.2, 0) is 22.1 Å². The summed E-state index contributed by atoms with van der Waals surface area (Å²) < 4.78 is 60.6. The van der Waals surface area contributed by atoms with Gasteiger partial charge in [-0.2, -0.15) is 5.10 Å². The average molecular weight is 551 g/mol. The molecule has 1 N–H and O–H groups in total. The van der Waals surface area contributed by atoms with E-state index in [1.165, 1.54) is 4.68 Å². The SMILES string of the molecule is CCOc1cc(F)c(Cn2nc(-c3nc(CS(C)(=O)=O)cc(Nc4ccncc4)n3)c3ccccc32)c(F)c1. The average Bonchev–Trinajstić information content (AvgIpc) is 3.24. The number of nitrogens with one attached hydrogen (secondary N) is 1. The molecule has 5 rings (SSSR count). The predicted octanol–water partition coefficient (Wildman–Crippen LogP) is 4.90. The lowest BCUT2D eigenvalue weighted by Crippen LogP contribution is -2.08. The third-order valence-corrected chi connectivity index (χ3v) is 6.57. The molecule has 0 aliphatic rings. The summed E-state index contributed by atoms with van der Waals surface area (Å²) in [5, 5.41) is 8.39. The zero-order chi connectivity index (χ0) is 27.6. The highest BCUT2D eigenvalue weighted by Crippen LogP contribution is 2.29. The largest absolute Gasteiger partial charge is 0.494 e. The van der Waals surface area contributed by atoms with Gasteiger partial charge in [0, 0.05) is 53.5 Å². The van der Waals surface area contributed by atoms with Crippen LogP contribution in [0.1, 0.15) is 18.2 Å². The van der Waals surface area contributed by atoms with Crippen LogP contribution in [-0.4, -0.2) is 46.0 Å². The van der Waals surface area contributed by atoms with E-state index in [0.29, 0.717) is 28.1 Å². The summed E-state index contributed by atoms with van der Waals surface area (Å²) in [7, 11) is -3.41. The lowest BCUT2D eigenvalue weighted by Gasteiger charge is -2.10. The number of ether oxygens (including phenoxy) is 1. The van der Waals surface area contributed by atoms with Gasteiger partial charge in [0.2, 0.25) is 0 Å². The van der Waals surface area contributed by atoms with Gasteiger partial charge >= 0.3 is 0 Å². The third kappa shape index (κ3) is 6.01. The van der Waals surface area contributed by atoms with Crippen molar-refractivity contribution in [3.63, 3.8) is 0 Å². The maximum absolute atomic E-state index is 14.9. The molecule has 0 aliphatic carbocycles. The van der Waals surface area contributed by atoms with Crippen LogP contribution in [0.5, 0.6) is 5.75 Å². The number of anilines is 2. The molecule has 39 heavy (non-hydrogen) atoms. The van der Waals surface area contributed by atoms with E-state index in [1.54, 1.807) is 61.8 Å². The Morgan fingerprint density at radius 3 is 2.41 bits per heavy atom. The van der Waals surface area contributed by atoms with Crippen molar-refractivity contribution >= 4 is 32.2 Å². The molecule has 0 saturated carbocycles. The summed E-state index contributed by atoms with van der Waals surface area (Å²) in [6.45, 7) is 1.81. The van der Waals surface area contributed by atoms with Crippen LogP contribution < -0.4 is 10.1 Å². The van der Waals surface area contributed by atoms with E-state index in [4.69, 9.17) is 4.74 Å². The van der Waals surface area contributed by atoms with E-state index in [0.717, 1.165) is 18.4 Å². The second kappa shape index (κ2) is 10.7. The number of halogens is 2. The number of fused-ring (bicyclic) bond motifs is 1. The van der Waals surface area contributed by atoms with Crippen LogP contribution in [0.25, 0.3) is 22.4 Å². The fourth-order valence-electron chi connectivity index (χ4n) is 4.14. The normalized spacial score (nSPS) is 11.6. The van der Waals surface area contributed by atoms with Gasteiger partial charge in [-0.3, -0.25) is 9.67 Å². The van der Waals surface area contributed by atoms with Gasteiger partial charge in [-0.1, -0.05) is 18.2 Å². The Labute approximate surface area is 223 Å². The second-order valence-corrected chi connectivity index (χ2v) is 11.0. The van der Waals surface area contributed by atoms with Gasteiger partial charge in [-0.05, 0) is 25.1 Å². The first-order chi connectivity index (χ1) is 18.7. The van der Waals surface area contributed by atoms with Crippen molar-refractivity contribution in [3.05, 3.63) is 89.9 Å². The summed E-state index contributed by atoms with van der Waals surface area (Å²) in [4.78, 5) is 13.1. The van der Waals surface area contributed by atoms with E-state index < -0.39 is 21.5 Å². The minimum atomic E-state index is -3.41. The first-order valence-corrected chi connectivity index (χ1v) is 14.1. The highest BCUT2D eigenvalue weighted by molar-refractivity contribution is 7.89. The molecule has 12 heteroatoms. The van der Waals surface area contributed by atoms with E-state index in [2.05, 4.69) is 25.4 Å². The van der Waals surface area contributed by atoms with Gasteiger partial charge in [0.15, 0.2) is 15.7 Å². The summed E-state index contributed by atoms with van der Waals surface area (Å²) >= 11 is 0. The number of para-hydroxylation sites is 1. The van der Waals surface area contributed by atoms with Gasteiger partial charge in [-0.15, -0.1) is 0 Å². The first kappa shape index (κ1) is 26.2. The maximum Gasteiger partial charge on any atom is 0.183 e. The standard InChI is InChI=1S/C27H24F2N6O3S/c1-3-38-19-13-22(28)21(23(29)14-19)15-35-24-7-5-4-6-20(24)26(34-35)27-32-18(16-39(2,36)37)12-25(33-27)31-17-8-10-30-11-9-17/h4-14H,3,15-16H2,1-2H3,(H,30,31,32,33). The summed E-state index contributed by atoms with van der Waals surface area (Å²) in [5.74, 6) is -1.20. The number of hydrogen-bond acceptors (Lipinski definition) is 8. The van der Waals surface area contributed by atoms with E-state index >= 15 is 0 Å². The minimum Gasteiger partial charge on any atom is -0.494 e. The molecule has 3 aromatic heterocycles. The fourth-order valence-corrected chi connectivity index (χ4v) is 4.82. The molecule has 0 unspecified atom stereocenters. The Bertz CT molecular complexity index is 1740. The Hall–Kier alpha value is -4.45. The molecule has 0 spiro atoms. The van der Waals surface area contributed by atoms with Gasteiger partial charge in [-0.25, -0.2) is 27.2 Å². The van der Waals surface area contributed by atoms with Crippen molar-refractivity contribution in [2.24, 2.45) is 0 Å². The Morgan fingerprint density at radius 2 is 1.72 bits per heavy atom. The van der Waals surface area contributed by atoms with Crippen LogP contribution in [0.3, 0.4) is 0 Å². The topological polar surface area (TPSA) is 112 Å². The molecule has 0 radical (unpaired) electrons. The highest BCUT2D eigenvalue weighted by atomic mass is 32.2. The van der Waals surface area contributed by atoms with Crippen LogP contribution in [0, 0.1) is 11.6 Å². The van der Waals surface area contributed by atoms with Crippen molar-refractivity contribution in [1.29, 1.82) is 0 Å². The molecule has 9 nitrogen and oxygen atoms in total. The maximum atomic E-state index is 14.9. The van der Waals surface area contributed by atoms with Crippen molar-refractivity contribution in [2.45, 2.75) is 19.2 Å². The summed E-state index contributed by atoms with van der Waals surface area (Å²) in [6.07, 6.45) is 4.33. The van der Waals surface area contributed by atoms with E-state index in [-0.39, 0.29) is 41.7 Å². The number of sulfone groups is 1. The summed E-state index contributed by atoms with van der Waals surface area (Å²) in [6, 6.07) is 14.5. The van der Waals surface area contributed by atoms with Gasteiger partial charge in [0.05, 0.1) is 30.1 Å². The van der Waals surface area contributed by atoms with E-state index in [1.807, 2.05) is 0 Å². The van der Waals surface area contributed by atoms with Gasteiger partial charge < -0.3 is 10.1 Å². The van der Waals surface area contributed by atoms with Crippen LogP contribution >= 0.6 is 0 Å². The molecular weight excluding hydrogens is 526 g/mol. The Kier molecular flexibility index (Phi) is 7.20. The predicted molar refractivity (Wildman–Crippen MR) is 143 cm³/mol. The number of pyridine rings is 1. The quantitative estimate of drug-likeness (QED) is 0.276. The third-order valence-electron chi connectivity index (χ3n) is 5.75. The molecule has 0 fully saturated rings. The van der Waals surface area contributed by atoms with Crippen LogP contribution in [0.15, 0.2) is 67.0 Å². The van der Waals surface area contributed by atoms with Crippen molar-refractivity contribution in [1.82, 2.24) is 24.7 Å². The van der Waals surface area contributed by atoms with Crippen molar-refractivity contribution < 1.29 is 21.9 Å². The highest BCUT2D eigenvalue weighted by Gasteiger charge is 2.20. The molecular formula is C27H24F2N6O3S. The van der Waals surface area contributed by atoms with E-state index in [9.17, 15) is 17.2 Å². The number of benzene rings is 2. The number of nitrogens with zero attached hydrogens (tertiary/aromatic N) is 5. The first-order valence-electron chi connectivity index (χ1n) is 12.0. The minimum absolute atomic E-state index is 0.104. The summed E-state index contributed by atoms with van der Waals surface area (Å²) in [5.41, 5.74) is 1.72. The molecule has 0 bridgehead atoms. The van der Waals surface area contributed by atoms with Crippen LogP contribution in [0.4, 0.5) is 20.3 Å². The Morgan fingerprint density at radius 1 is 1.00 bits per heavy atom. The molecule has 200 valence electrons. The molecule has 0 aliphatic heterocycles. The smallest absolute Gasteiger partial charge is 0.183 e. The second-order valence-electron chi connectivity index (χ2n) is 8.82. The number of hydrogen-bond donors (Lipinski definition) is 1. The molecule has 0 amide bonds. The number of rotatable bonds is 9. The van der Waals surface area contributed by atoms with Gasteiger partial charge in [0.25, 0.3) is 0 Å². The fraction of sp³-hybridized carbons (Fsp3) is 0.185. The zero-order valence-electron chi connectivity index (χ0n) is 21.1. The molecule has 0 atom stereocenters. The van der Waals surface area contributed by atoms with Crippen LogP contribution in [0.2, 0.25) is 0 Å². The molecule has 2 aromatic carbocycles. The monoisotopic (exact) mass is 550 g/mol. The zero-order valence-corrected chi connectivity index (χ0v) is 21.9. The van der Waals surface area contributed by atoms with Crippen molar-refractivity contribution in [2.75, 3.05) is 18.2 Å². The Balaban J connectivity index is 1.61.